The van der Waals surface area contributed by atoms with Crippen molar-refractivity contribution in [3.8, 4) is 5.69 Å². The van der Waals surface area contributed by atoms with E-state index >= 15 is 0 Å². The number of fused-ring (bicyclic) bond motifs is 4. The van der Waals surface area contributed by atoms with Gasteiger partial charge in [0.25, 0.3) is 0 Å². The number of para-hydroxylation sites is 1. The molecule has 1 aromatic carbocycles. The predicted octanol–water partition coefficient (Wildman–Crippen LogP) is 1.86. The lowest BCUT2D eigenvalue weighted by Crippen LogP contribution is -2.44. The maximum atomic E-state index is 12.2. The third kappa shape index (κ3) is 4.06. The molecule has 3 saturated heterocycles. The monoisotopic (exact) mass is 367 g/mol. The van der Waals surface area contributed by atoms with Crippen molar-refractivity contribution in [1.29, 1.82) is 0 Å². The molecule has 5 rings (SSSR count). The van der Waals surface area contributed by atoms with Crippen LogP contribution in [0.25, 0.3) is 5.69 Å². The molecule has 6 nitrogen and oxygen atoms in total. The SMILES string of the molecule is CN(C)C(=O)CN1C[C@H]2CC[C@@H](C1)N(Cc1ccccc1-n1cccn1)C2. The molecule has 3 aliphatic rings. The van der Waals surface area contributed by atoms with Crippen LogP contribution in [0.1, 0.15) is 18.4 Å². The molecule has 0 spiro atoms. The van der Waals surface area contributed by atoms with Gasteiger partial charge >= 0.3 is 0 Å². The zero-order valence-corrected chi connectivity index (χ0v) is 16.3. The van der Waals surface area contributed by atoms with Crippen LogP contribution in [0.2, 0.25) is 0 Å². The number of aromatic nitrogens is 2. The Hall–Kier alpha value is -2.18. The van der Waals surface area contributed by atoms with Gasteiger partial charge in [-0.05, 0) is 36.5 Å². The van der Waals surface area contributed by atoms with Gasteiger partial charge in [0, 0.05) is 58.7 Å². The van der Waals surface area contributed by atoms with E-state index in [0.717, 1.165) is 31.9 Å². The van der Waals surface area contributed by atoms with E-state index < -0.39 is 0 Å². The third-order valence-corrected chi connectivity index (χ3v) is 5.88. The molecule has 2 atom stereocenters. The molecule has 0 unspecified atom stereocenters. The molecule has 1 aromatic heterocycles. The molecular formula is C21H29N5O. The van der Waals surface area contributed by atoms with Crippen LogP contribution >= 0.6 is 0 Å². The highest BCUT2D eigenvalue weighted by molar-refractivity contribution is 5.77. The number of benzene rings is 1. The van der Waals surface area contributed by atoms with Gasteiger partial charge in [-0.2, -0.15) is 5.10 Å². The van der Waals surface area contributed by atoms with Crippen molar-refractivity contribution in [2.75, 3.05) is 40.3 Å². The first-order valence-electron chi connectivity index (χ1n) is 9.84. The van der Waals surface area contributed by atoms with E-state index in [1.165, 1.54) is 18.4 Å². The highest BCUT2D eigenvalue weighted by atomic mass is 16.2. The minimum atomic E-state index is 0.201. The molecule has 6 heteroatoms. The summed E-state index contributed by atoms with van der Waals surface area (Å²) in [4.78, 5) is 18.9. The number of hydrogen-bond donors (Lipinski definition) is 0. The van der Waals surface area contributed by atoms with Crippen molar-refractivity contribution >= 4 is 5.91 Å². The van der Waals surface area contributed by atoms with Gasteiger partial charge in [-0.1, -0.05) is 18.2 Å². The Balaban J connectivity index is 1.49. The van der Waals surface area contributed by atoms with E-state index in [4.69, 9.17) is 0 Å². The lowest BCUT2D eigenvalue weighted by atomic mass is 9.94. The zero-order chi connectivity index (χ0) is 18.8. The average molecular weight is 367 g/mol. The molecule has 144 valence electrons. The van der Waals surface area contributed by atoms with E-state index in [0.29, 0.717) is 18.5 Å². The van der Waals surface area contributed by atoms with Crippen LogP contribution in [-0.2, 0) is 11.3 Å². The fourth-order valence-corrected chi connectivity index (χ4v) is 4.43. The molecule has 0 saturated carbocycles. The number of likely N-dealkylation sites (N-methyl/N-ethyl adjacent to an activating group) is 1. The number of nitrogens with zero attached hydrogens (tertiary/aromatic N) is 5. The van der Waals surface area contributed by atoms with Crippen LogP contribution in [0.3, 0.4) is 0 Å². The van der Waals surface area contributed by atoms with E-state index in [9.17, 15) is 4.79 Å². The Morgan fingerprint density at radius 3 is 2.78 bits per heavy atom. The normalized spacial score (nSPS) is 23.3. The highest BCUT2D eigenvalue weighted by Crippen LogP contribution is 2.30. The standard InChI is InChI=1S/C21H29N5O/c1-23(2)21(27)16-24-12-17-8-9-19(15-24)25(13-17)14-18-6-3-4-7-20(18)26-11-5-10-22-26/h3-7,10-11,17,19H,8-9,12-16H2,1-2H3/t17-,19+/m1/s1. The summed E-state index contributed by atoms with van der Waals surface area (Å²) in [6, 6.07) is 11.0. The van der Waals surface area contributed by atoms with Crippen molar-refractivity contribution in [3.05, 3.63) is 48.3 Å². The molecule has 0 aliphatic carbocycles. The minimum Gasteiger partial charge on any atom is -0.348 e. The maximum absolute atomic E-state index is 12.2. The fraction of sp³-hybridized carbons (Fsp3) is 0.524. The number of carbonyl (C=O) groups is 1. The van der Waals surface area contributed by atoms with Gasteiger partial charge in [-0.3, -0.25) is 14.6 Å². The van der Waals surface area contributed by atoms with E-state index in [-0.39, 0.29) is 5.91 Å². The molecule has 3 fully saturated rings. The lowest BCUT2D eigenvalue weighted by Gasteiger charge is -2.36. The van der Waals surface area contributed by atoms with E-state index in [2.05, 4.69) is 39.2 Å². The first-order chi connectivity index (χ1) is 13.1. The van der Waals surface area contributed by atoms with Gasteiger partial charge in [-0.15, -0.1) is 0 Å². The number of hydrogen-bond acceptors (Lipinski definition) is 4. The summed E-state index contributed by atoms with van der Waals surface area (Å²) in [6.07, 6.45) is 6.32. The molecule has 4 heterocycles. The second kappa shape index (κ2) is 7.82. The van der Waals surface area contributed by atoms with Crippen molar-refractivity contribution in [2.24, 2.45) is 5.92 Å². The average Bonchev–Trinajstić information content (AvgIpc) is 3.05. The summed E-state index contributed by atoms with van der Waals surface area (Å²) in [5.74, 6) is 0.849. The van der Waals surface area contributed by atoms with Crippen molar-refractivity contribution < 1.29 is 4.79 Å². The minimum absolute atomic E-state index is 0.201. The van der Waals surface area contributed by atoms with E-state index in [1.807, 2.05) is 37.2 Å². The summed E-state index contributed by atoms with van der Waals surface area (Å²) in [5, 5.41) is 4.42. The van der Waals surface area contributed by atoms with Crippen molar-refractivity contribution in [1.82, 2.24) is 24.5 Å². The summed E-state index contributed by atoms with van der Waals surface area (Å²) in [7, 11) is 3.68. The van der Waals surface area contributed by atoms with Gasteiger partial charge in [-0.25, -0.2) is 4.68 Å². The van der Waals surface area contributed by atoms with Crippen LogP contribution in [0, 0.1) is 5.92 Å². The third-order valence-electron chi connectivity index (χ3n) is 5.88. The Labute approximate surface area is 161 Å². The van der Waals surface area contributed by atoms with Gasteiger partial charge in [0.15, 0.2) is 0 Å². The molecular weight excluding hydrogens is 338 g/mol. The van der Waals surface area contributed by atoms with Gasteiger partial charge < -0.3 is 4.90 Å². The maximum Gasteiger partial charge on any atom is 0.236 e. The van der Waals surface area contributed by atoms with E-state index in [1.54, 1.807) is 4.90 Å². The van der Waals surface area contributed by atoms with Crippen LogP contribution in [0.4, 0.5) is 0 Å². The second-order valence-electron chi connectivity index (χ2n) is 8.09. The van der Waals surface area contributed by atoms with Crippen LogP contribution < -0.4 is 0 Å². The molecule has 0 radical (unpaired) electrons. The first-order valence-corrected chi connectivity index (χ1v) is 9.84. The number of rotatable bonds is 5. The van der Waals surface area contributed by atoms with Crippen molar-refractivity contribution in [2.45, 2.75) is 25.4 Å². The largest absolute Gasteiger partial charge is 0.348 e. The Bertz CT molecular complexity index is 773. The van der Waals surface area contributed by atoms with Gasteiger partial charge in [0.05, 0.1) is 12.2 Å². The topological polar surface area (TPSA) is 44.6 Å². The van der Waals surface area contributed by atoms with Crippen LogP contribution in [0.15, 0.2) is 42.7 Å². The summed E-state index contributed by atoms with van der Waals surface area (Å²) < 4.78 is 1.95. The predicted molar refractivity (Wildman–Crippen MR) is 106 cm³/mol. The van der Waals surface area contributed by atoms with Gasteiger partial charge in [0.1, 0.15) is 0 Å². The molecule has 27 heavy (non-hydrogen) atoms. The van der Waals surface area contributed by atoms with Crippen LogP contribution in [0.5, 0.6) is 0 Å². The highest BCUT2D eigenvalue weighted by Gasteiger charge is 2.35. The van der Waals surface area contributed by atoms with Crippen LogP contribution in [-0.4, -0.2) is 76.7 Å². The lowest BCUT2D eigenvalue weighted by molar-refractivity contribution is -0.130. The first kappa shape index (κ1) is 18.2. The number of piperidine rings is 1. The fourth-order valence-electron chi connectivity index (χ4n) is 4.43. The summed E-state index contributed by atoms with van der Waals surface area (Å²) >= 11 is 0. The zero-order valence-electron chi connectivity index (χ0n) is 16.3. The number of carbonyl (C=O) groups excluding carboxylic acids is 1. The van der Waals surface area contributed by atoms with Gasteiger partial charge in [0.2, 0.25) is 5.91 Å². The quantitative estimate of drug-likeness (QED) is 0.809. The Kier molecular flexibility index (Phi) is 5.27. The molecule has 0 N–H and O–H groups in total. The molecule has 3 aliphatic heterocycles. The summed E-state index contributed by atoms with van der Waals surface area (Å²) in [5.41, 5.74) is 2.46. The molecule has 2 aromatic rings. The number of amides is 1. The molecule has 2 bridgehead atoms. The second-order valence-corrected chi connectivity index (χ2v) is 8.09. The smallest absolute Gasteiger partial charge is 0.236 e. The molecule has 1 amide bonds. The Morgan fingerprint density at radius 2 is 2.00 bits per heavy atom. The van der Waals surface area contributed by atoms with Crippen molar-refractivity contribution in [3.63, 3.8) is 0 Å². The Morgan fingerprint density at radius 1 is 1.15 bits per heavy atom. The summed E-state index contributed by atoms with van der Waals surface area (Å²) in [6.45, 7) is 4.61.